The first-order chi connectivity index (χ1) is 10.0. The van der Waals surface area contributed by atoms with Crippen molar-refractivity contribution in [2.75, 3.05) is 20.1 Å². The van der Waals surface area contributed by atoms with Crippen LogP contribution in [0.3, 0.4) is 0 Å². The Morgan fingerprint density at radius 3 is 2.76 bits per heavy atom. The molecular weight excluding hydrogens is 284 g/mol. The van der Waals surface area contributed by atoms with Gasteiger partial charge in [0, 0.05) is 47.3 Å². The van der Waals surface area contributed by atoms with Crippen LogP contribution >= 0.6 is 11.3 Å². The van der Waals surface area contributed by atoms with Gasteiger partial charge in [-0.05, 0) is 39.8 Å². The van der Waals surface area contributed by atoms with Crippen LogP contribution in [0.5, 0.6) is 0 Å². The molecule has 0 spiro atoms. The van der Waals surface area contributed by atoms with Crippen molar-refractivity contribution in [2.24, 2.45) is 0 Å². The summed E-state index contributed by atoms with van der Waals surface area (Å²) < 4.78 is 0. The van der Waals surface area contributed by atoms with Crippen molar-refractivity contribution in [3.8, 4) is 0 Å². The van der Waals surface area contributed by atoms with Crippen LogP contribution in [0.1, 0.15) is 45.8 Å². The number of hydrogen-bond acceptors (Lipinski definition) is 4. The Morgan fingerprint density at radius 1 is 1.38 bits per heavy atom. The molecular formula is C16H24N2O2S. The predicted molar refractivity (Wildman–Crippen MR) is 86.0 cm³/mol. The highest BCUT2D eigenvalue weighted by Gasteiger charge is 2.28. The Balaban J connectivity index is 1.89. The van der Waals surface area contributed by atoms with E-state index in [0.717, 1.165) is 41.2 Å². The lowest BCUT2D eigenvalue weighted by atomic mass is 10.1. The van der Waals surface area contributed by atoms with Crippen molar-refractivity contribution < 1.29 is 9.59 Å². The van der Waals surface area contributed by atoms with E-state index in [1.54, 1.807) is 11.3 Å². The molecule has 116 valence electrons. The largest absolute Gasteiger partial charge is 0.338 e. The summed E-state index contributed by atoms with van der Waals surface area (Å²) in [6.45, 7) is 5.64. The molecule has 0 saturated carbocycles. The number of nitrogens with zero attached hydrogens (tertiary/aromatic N) is 1. The summed E-state index contributed by atoms with van der Waals surface area (Å²) in [6, 6.07) is 2.23. The van der Waals surface area contributed by atoms with Crippen LogP contribution in [0.4, 0.5) is 0 Å². The molecule has 1 aliphatic heterocycles. The van der Waals surface area contributed by atoms with Gasteiger partial charge in [0.2, 0.25) is 5.91 Å². The van der Waals surface area contributed by atoms with Crippen LogP contribution in [0.2, 0.25) is 0 Å². The maximum Gasteiger partial charge on any atom is 0.223 e. The van der Waals surface area contributed by atoms with E-state index < -0.39 is 0 Å². The van der Waals surface area contributed by atoms with Gasteiger partial charge in [0.25, 0.3) is 0 Å². The number of aryl methyl sites for hydroxylation is 2. The molecule has 21 heavy (non-hydrogen) atoms. The quantitative estimate of drug-likeness (QED) is 0.822. The average Bonchev–Trinajstić information content (AvgIpc) is 3.02. The average molecular weight is 308 g/mol. The third-order valence-electron chi connectivity index (χ3n) is 4.04. The number of carbonyl (C=O) groups is 2. The van der Waals surface area contributed by atoms with Gasteiger partial charge in [-0.1, -0.05) is 0 Å². The zero-order chi connectivity index (χ0) is 15.4. The van der Waals surface area contributed by atoms with Crippen molar-refractivity contribution in [1.82, 2.24) is 10.2 Å². The second-order valence-corrected chi connectivity index (χ2v) is 7.15. The summed E-state index contributed by atoms with van der Waals surface area (Å²) in [5.74, 6) is 0.209. The second kappa shape index (κ2) is 7.18. The number of carbonyl (C=O) groups excluding carboxylic acids is 2. The minimum atomic E-state index is 0.0922. The molecule has 1 aromatic rings. The Hall–Kier alpha value is -1.20. The van der Waals surface area contributed by atoms with Crippen LogP contribution < -0.4 is 5.32 Å². The standard InChI is InChI=1S/C16H24N2O2S/c1-11-9-14(12(2)21-11)15(19)6-7-16(20)18-8-4-5-13(18)10-17-3/h9,13,17H,4-8,10H2,1-3H3. The van der Waals surface area contributed by atoms with Crippen molar-refractivity contribution in [2.45, 2.75) is 45.6 Å². The summed E-state index contributed by atoms with van der Waals surface area (Å²) in [4.78, 5) is 28.7. The summed E-state index contributed by atoms with van der Waals surface area (Å²) >= 11 is 1.64. The molecule has 2 heterocycles. The molecule has 1 unspecified atom stereocenters. The first-order valence-electron chi connectivity index (χ1n) is 7.57. The predicted octanol–water partition coefficient (Wildman–Crippen LogP) is 2.54. The Morgan fingerprint density at radius 2 is 2.14 bits per heavy atom. The number of Topliss-reactive ketones (excluding diaryl/α,β-unsaturated/α-hetero) is 1. The number of likely N-dealkylation sites (tertiary alicyclic amines) is 1. The molecule has 1 aliphatic rings. The lowest BCUT2D eigenvalue weighted by molar-refractivity contribution is -0.131. The molecule has 1 aromatic heterocycles. The van der Waals surface area contributed by atoms with Crippen LogP contribution in [0.25, 0.3) is 0 Å². The Labute approximate surface area is 130 Å². The number of thiophene rings is 1. The van der Waals surface area contributed by atoms with Crippen molar-refractivity contribution in [1.29, 1.82) is 0 Å². The van der Waals surface area contributed by atoms with Crippen LogP contribution in [-0.4, -0.2) is 42.8 Å². The normalized spacial score (nSPS) is 18.2. The highest BCUT2D eigenvalue weighted by atomic mass is 32.1. The summed E-state index contributed by atoms with van der Waals surface area (Å²) in [5, 5.41) is 3.14. The lowest BCUT2D eigenvalue weighted by Gasteiger charge is -2.24. The van der Waals surface area contributed by atoms with Crippen LogP contribution in [0, 0.1) is 13.8 Å². The molecule has 1 atom stereocenters. The molecule has 2 rings (SSSR count). The Bertz CT molecular complexity index is 524. The van der Waals surface area contributed by atoms with Gasteiger partial charge in [-0.25, -0.2) is 0 Å². The topological polar surface area (TPSA) is 49.4 Å². The molecule has 0 aliphatic carbocycles. The number of amides is 1. The number of nitrogens with one attached hydrogen (secondary N) is 1. The molecule has 5 heteroatoms. The van der Waals surface area contributed by atoms with Gasteiger partial charge in [-0.15, -0.1) is 11.3 Å². The maximum atomic E-state index is 12.3. The zero-order valence-corrected chi connectivity index (χ0v) is 13.9. The molecule has 1 fully saturated rings. The van der Waals surface area contributed by atoms with E-state index in [4.69, 9.17) is 0 Å². The third kappa shape index (κ3) is 3.92. The van der Waals surface area contributed by atoms with E-state index in [2.05, 4.69) is 5.32 Å². The molecule has 0 bridgehead atoms. The SMILES string of the molecule is CNCC1CCCN1C(=O)CCC(=O)c1cc(C)sc1C. The van der Waals surface area contributed by atoms with E-state index in [-0.39, 0.29) is 11.7 Å². The highest BCUT2D eigenvalue weighted by Crippen LogP contribution is 2.23. The monoisotopic (exact) mass is 308 g/mol. The van der Waals surface area contributed by atoms with Crippen LogP contribution in [-0.2, 0) is 4.79 Å². The number of likely N-dealkylation sites (N-methyl/N-ethyl adjacent to an activating group) is 1. The lowest BCUT2D eigenvalue weighted by Crippen LogP contribution is -2.40. The molecule has 1 saturated heterocycles. The van der Waals surface area contributed by atoms with E-state index in [1.807, 2.05) is 31.9 Å². The fraction of sp³-hybridized carbons (Fsp3) is 0.625. The number of hydrogen-bond donors (Lipinski definition) is 1. The first kappa shape index (κ1) is 16.2. The van der Waals surface area contributed by atoms with Crippen molar-refractivity contribution in [3.05, 3.63) is 21.4 Å². The summed E-state index contributed by atoms with van der Waals surface area (Å²) in [5.41, 5.74) is 0.790. The fourth-order valence-electron chi connectivity index (χ4n) is 3.02. The third-order valence-corrected chi connectivity index (χ3v) is 5.01. The van der Waals surface area contributed by atoms with E-state index >= 15 is 0 Å². The molecule has 4 nitrogen and oxygen atoms in total. The first-order valence-corrected chi connectivity index (χ1v) is 8.39. The number of ketones is 1. The minimum absolute atomic E-state index is 0.0922. The number of rotatable bonds is 6. The van der Waals surface area contributed by atoms with Crippen molar-refractivity contribution in [3.63, 3.8) is 0 Å². The molecule has 1 amide bonds. The molecule has 0 aromatic carbocycles. The maximum absolute atomic E-state index is 12.3. The second-order valence-electron chi connectivity index (χ2n) is 5.69. The van der Waals surface area contributed by atoms with Gasteiger partial charge in [0.05, 0.1) is 0 Å². The van der Waals surface area contributed by atoms with Gasteiger partial charge in [0.15, 0.2) is 5.78 Å². The summed E-state index contributed by atoms with van der Waals surface area (Å²) in [6.07, 6.45) is 2.77. The minimum Gasteiger partial charge on any atom is -0.338 e. The van der Waals surface area contributed by atoms with Gasteiger partial charge in [0.1, 0.15) is 0 Å². The van der Waals surface area contributed by atoms with Crippen molar-refractivity contribution >= 4 is 23.0 Å². The molecule has 0 radical (unpaired) electrons. The Kier molecular flexibility index (Phi) is 5.53. The molecule has 1 N–H and O–H groups in total. The summed E-state index contributed by atoms with van der Waals surface area (Å²) in [7, 11) is 1.91. The van der Waals surface area contributed by atoms with Crippen LogP contribution in [0.15, 0.2) is 6.07 Å². The van der Waals surface area contributed by atoms with E-state index in [9.17, 15) is 9.59 Å². The van der Waals surface area contributed by atoms with E-state index in [0.29, 0.717) is 18.9 Å². The van der Waals surface area contributed by atoms with Gasteiger partial charge in [-0.2, -0.15) is 0 Å². The fourth-order valence-corrected chi connectivity index (χ4v) is 3.96. The van der Waals surface area contributed by atoms with E-state index in [1.165, 1.54) is 0 Å². The van der Waals surface area contributed by atoms with Gasteiger partial charge >= 0.3 is 0 Å². The van der Waals surface area contributed by atoms with Gasteiger partial charge < -0.3 is 10.2 Å². The smallest absolute Gasteiger partial charge is 0.223 e. The highest BCUT2D eigenvalue weighted by molar-refractivity contribution is 7.12. The van der Waals surface area contributed by atoms with Gasteiger partial charge in [-0.3, -0.25) is 9.59 Å². The zero-order valence-electron chi connectivity index (χ0n) is 13.1.